The van der Waals surface area contributed by atoms with E-state index >= 15 is 0 Å². The van der Waals surface area contributed by atoms with Crippen molar-refractivity contribution in [3.05, 3.63) is 71.5 Å². The van der Waals surface area contributed by atoms with Gasteiger partial charge in [-0.2, -0.15) is 0 Å². The molecule has 0 bridgehead atoms. The smallest absolute Gasteiger partial charge is 0.258 e. The molecule has 0 aliphatic carbocycles. The van der Waals surface area contributed by atoms with Crippen LogP contribution in [0, 0.1) is 6.92 Å². The average Bonchev–Trinajstić information content (AvgIpc) is 2.71. The zero-order chi connectivity index (χ0) is 19.9. The molecule has 1 heterocycles. The number of anilines is 3. The van der Waals surface area contributed by atoms with Crippen molar-refractivity contribution in [3.63, 3.8) is 0 Å². The minimum Gasteiger partial charge on any atom is -0.494 e. The lowest BCUT2D eigenvalue weighted by molar-refractivity contribution is 0.102. The first-order valence-corrected chi connectivity index (χ1v) is 9.32. The first-order valence-electron chi connectivity index (χ1n) is 9.32. The van der Waals surface area contributed by atoms with Crippen LogP contribution in [0.4, 0.5) is 17.3 Å². The Labute approximate surface area is 165 Å². The number of nitrogens with zero attached hydrogens (tertiary/aromatic N) is 2. The maximum atomic E-state index is 12.6. The molecule has 6 heteroatoms. The first-order chi connectivity index (χ1) is 13.6. The summed E-state index contributed by atoms with van der Waals surface area (Å²) in [4.78, 5) is 21.1. The normalized spacial score (nSPS) is 10.4. The third-order valence-electron chi connectivity index (χ3n) is 4.31. The van der Waals surface area contributed by atoms with Gasteiger partial charge in [-0.25, -0.2) is 9.97 Å². The highest BCUT2D eigenvalue weighted by atomic mass is 16.5. The highest BCUT2D eigenvalue weighted by Gasteiger charge is 2.12. The summed E-state index contributed by atoms with van der Waals surface area (Å²) < 4.78 is 5.42. The van der Waals surface area contributed by atoms with E-state index < -0.39 is 0 Å². The van der Waals surface area contributed by atoms with Gasteiger partial charge in [0.15, 0.2) is 0 Å². The fourth-order valence-corrected chi connectivity index (χ4v) is 2.83. The van der Waals surface area contributed by atoms with E-state index in [0.29, 0.717) is 18.1 Å². The summed E-state index contributed by atoms with van der Waals surface area (Å²) in [6.07, 6.45) is 3.88. The number of nitrogens with one attached hydrogen (secondary N) is 2. The van der Waals surface area contributed by atoms with Crippen LogP contribution in [0.5, 0.6) is 5.75 Å². The van der Waals surface area contributed by atoms with Crippen molar-refractivity contribution in [2.75, 3.05) is 17.2 Å². The standard InChI is InChI=1S/C22H24N4O2/c1-4-16-8-6-7-15(3)20(16)26-21(27)17-13-23-22(24-14-17)25-18-9-11-19(12-10-18)28-5-2/h6-14H,4-5H2,1-3H3,(H,26,27)(H,23,24,25). The SMILES string of the molecule is CCOc1ccc(Nc2ncc(C(=O)Nc3c(C)cccc3CC)cn2)cc1. The van der Waals surface area contributed by atoms with E-state index in [1.807, 2.05) is 56.3 Å². The minimum absolute atomic E-state index is 0.225. The maximum Gasteiger partial charge on any atom is 0.258 e. The summed E-state index contributed by atoms with van der Waals surface area (Å²) >= 11 is 0. The van der Waals surface area contributed by atoms with Crippen molar-refractivity contribution >= 4 is 23.2 Å². The van der Waals surface area contributed by atoms with E-state index in [9.17, 15) is 4.79 Å². The zero-order valence-electron chi connectivity index (χ0n) is 16.3. The third kappa shape index (κ3) is 4.65. The highest BCUT2D eigenvalue weighted by molar-refractivity contribution is 6.04. The van der Waals surface area contributed by atoms with Crippen molar-refractivity contribution in [3.8, 4) is 5.75 Å². The van der Waals surface area contributed by atoms with Gasteiger partial charge in [0.1, 0.15) is 5.75 Å². The van der Waals surface area contributed by atoms with Gasteiger partial charge in [0.05, 0.1) is 12.2 Å². The Bertz CT molecular complexity index is 938. The maximum absolute atomic E-state index is 12.6. The van der Waals surface area contributed by atoms with Gasteiger partial charge in [-0.3, -0.25) is 4.79 Å². The summed E-state index contributed by atoms with van der Waals surface area (Å²) in [7, 11) is 0. The van der Waals surface area contributed by atoms with Crippen molar-refractivity contribution in [2.24, 2.45) is 0 Å². The number of carbonyl (C=O) groups is 1. The molecule has 0 aliphatic rings. The number of aromatic nitrogens is 2. The molecule has 2 aromatic carbocycles. The van der Waals surface area contributed by atoms with Crippen LogP contribution >= 0.6 is 0 Å². The molecular weight excluding hydrogens is 352 g/mol. The summed E-state index contributed by atoms with van der Waals surface area (Å²) in [6.45, 7) is 6.62. The van der Waals surface area contributed by atoms with Crippen molar-refractivity contribution < 1.29 is 9.53 Å². The van der Waals surface area contributed by atoms with Gasteiger partial charge in [-0.1, -0.05) is 25.1 Å². The lowest BCUT2D eigenvalue weighted by Crippen LogP contribution is -2.15. The third-order valence-corrected chi connectivity index (χ3v) is 4.31. The molecule has 1 amide bonds. The van der Waals surface area contributed by atoms with E-state index in [0.717, 1.165) is 34.7 Å². The Balaban J connectivity index is 1.68. The van der Waals surface area contributed by atoms with Crippen LogP contribution in [0.1, 0.15) is 35.3 Å². The molecule has 2 N–H and O–H groups in total. The quantitative estimate of drug-likeness (QED) is 0.623. The number of carbonyl (C=O) groups excluding carboxylic acids is 1. The van der Waals surface area contributed by atoms with Crippen LogP contribution in [0.25, 0.3) is 0 Å². The van der Waals surface area contributed by atoms with Crippen molar-refractivity contribution in [1.29, 1.82) is 0 Å². The Morgan fingerprint density at radius 3 is 2.39 bits per heavy atom. The summed E-state index contributed by atoms with van der Waals surface area (Å²) in [5.41, 5.74) is 4.23. The average molecular weight is 376 g/mol. The van der Waals surface area contributed by atoms with Gasteiger partial charge in [-0.05, 0) is 55.7 Å². The number of aryl methyl sites for hydroxylation is 2. The fraction of sp³-hybridized carbons (Fsp3) is 0.227. The topological polar surface area (TPSA) is 76.1 Å². The second-order valence-corrected chi connectivity index (χ2v) is 6.29. The first kappa shape index (κ1) is 19.4. The van der Waals surface area contributed by atoms with Gasteiger partial charge in [-0.15, -0.1) is 0 Å². The predicted octanol–water partition coefficient (Wildman–Crippen LogP) is 4.74. The molecule has 0 aliphatic heterocycles. The van der Waals surface area contributed by atoms with Crippen LogP contribution < -0.4 is 15.4 Å². The summed E-state index contributed by atoms with van der Waals surface area (Å²) in [5.74, 6) is 1.01. The molecule has 1 aromatic heterocycles. The molecule has 0 radical (unpaired) electrons. The number of benzene rings is 2. The summed E-state index contributed by atoms with van der Waals surface area (Å²) in [5, 5.41) is 6.09. The minimum atomic E-state index is -0.225. The van der Waals surface area contributed by atoms with Crippen molar-refractivity contribution in [2.45, 2.75) is 27.2 Å². The molecule has 0 saturated carbocycles. The number of amides is 1. The molecule has 3 rings (SSSR count). The van der Waals surface area contributed by atoms with Crippen LogP contribution in [0.15, 0.2) is 54.9 Å². The molecule has 0 spiro atoms. The van der Waals surface area contributed by atoms with Gasteiger partial charge in [0, 0.05) is 23.8 Å². The molecular formula is C22H24N4O2. The lowest BCUT2D eigenvalue weighted by atomic mass is 10.1. The molecule has 28 heavy (non-hydrogen) atoms. The van der Waals surface area contributed by atoms with E-state index in [4.69, 9.17) is 4.74 Å². The second-order valence-electron chi connectivity index (χ2n) is 6.29. The van der Waals surface area contributed by atoms with Gasteiger partial charge in [0.25, 0.3) is 5.91 Å². The monoisotopic (exact) mass is 376 g/mol. The zero-order valence-corrected chi connectivity index (χ0v) is 16.3. The van der Waals surface area contributed by atoms with Gasteiger partial charge in [0.2, 0.25) is 5.95 Å². The van der Waals surface area contributed by atoms with Gasteiger partial charge < -0.3 is 15.4 Å². The molecule has 3 aromatic rings. The molecule has 0 fully saturated rings. The Morgan fingerprint density at radius 2 is 1.75 bits per heavy atom. The fourth-order valence-electron chi connectivity index (χ4n) is 2.83. The van der Waals surface area contributed by atoms with Crippen molar-refractivity contribution in [1.82, 2.24) is 9.97 Å². The van der Waals surface area contributed by atoms with Crippen LogP contribution in [0.3, 0.4) is 0 Å². The van der Waals surface area contributed by atoms with E-state index in [2.05, 4.69) is 27.5 Å². The molecule has 0 saturated heterocycles. The Morgan fingerprint density at radius 1 is 1.04 bits per heavy atom. The number of para-hydroxylation sites is 1. The number of hydrogen-bond donors (Lipinski definition) is 2. The lowest BCUT2D eigenvalue weighted by Gasteiger charge is -2.13. The molecule has 0 unspecified atom stereocenters. The van der Waals surface area contributed by atoms with Crippen LogP contribution in [-0.4, -0.2) is 22.5 Å². The highest BCUT2D eigenvalue weighted by Crippen LogP contribution is 2.22. The number of rotatable bonds is 7. The molecule has 6 nitrogen and oxygen atoms in total. The number of hydrogen-bond acceptors (Lipinski definition) is 5. The van der Waals surface area contributed by atoms with E-state index in [-0.39, 0.29) is 5.91 Å². The predicted molar refractivity (Wildman–Crippen MR) is 111 cm³/mol. The number of ether oxygens (including phenoxy) is 1. The van der Waals surface area contributed by atoms with Crippen LogP contribution in [-0.2, 0) is 6.42 Å². The Hall–Kier alpha value is -3.41. The van der Waals surface area contributed by atoms with E-state index in [1.54, 1.807) is 0 Å². The van der Waals surface area contributed by atoms with Crippen LogP contribution in [0.2, 0.25) is 0 Å². The second kappa shape index (κ2) is 8.99. The Kier molecular flexibility index (Phi) is 6.22. The van der Waals surface area contributed by atoms with E-state index in [1.165, 1.54) is 12.4 Å². The molecule has 144 valence electrons. The van der Waals surface area contributed by atoms with Gasteiger partial charge >= 0.3 is 0 Å². The molecule has 0 atom stereocenters. The largest absolute Gasteiger partial charge is 0.494 e. The summed E-state index contributed by atoms with van der Waals surface area (Å²) in [6, 6.07) is 13.5.